The maximum Gasteiger partial charge on any atom is 0.354 e. The molecule has 0 radical (unpaired) electrons. The monoisotopic (exact) mass is 389 g/mol. The molecule has 1 saturated heterocycles. The molecule has 1 amide bonds. The predicted octanol–water partition coefficient (Wildman–Crippen LogP) is 2.50. The Morgan fingerprint density at radius 3 is 2.38 bits per heavy atom. The molecule has 3 rings (SSSR count). The first-order chi connectivity index (χ1) is 11.6. The van der Waals surface area contributed by atoms with Gasteiger partial charge in [-0.3, -0.25) is 4.79 Å². The highest BCUT2D eigenvalue weighted by molar-refractivity contribution is 9.10. The van der Waals surface area contributed by atoms with Crippen molar-refractivity contribution in [2.45, 2.75) is 0 Å². The maximum atomic E-state index is 12.6. The highest BCUT2D eigenvalue weighted by Gasteiger charge is 2.24. The van der Waals surface area contributed by atoms with Gasteiger partial charge in [0.2, 0.25) is 0 Å². The normalized spacial score (nSPS) is 14.5. The molecule has 1 fully saturated rings. The van der Waals surface area contributed by atoms with E-state index in [4.69, 9.17) is 5.11 Å². The minimum Gasteiger partial charge on any atom is -0.477 e. The molecule has 0 saturated carbocycles. The molecular weight excluding hydrogens is 374 g/mol. The van der Waals surface area contributed by atoms with E-state index < -0.39 is 5.97 Å². The Labute approximate surface area is 147 Å². The summed E-state index contributed by atoms with van der Waals surface area (Å²) < 4.78 is 0.785. The number of rotatable bonds is 3. The lowest BCUT2D eigenvalue weighted by atomic mass is 10.2. The zero-order valence-electron chi connectivity index (χ0n) is 12.9. The van der Waals surface area contributed by atoms with Crippen molar-refractivity contribution < 1.29 is 14.7 Å². The molecule has 1 aromatic carbocycles. The number of amides is 1. The Bertz CT molecular complexity index is 773. The van der Waals surface area contributed by atoms with E-state index in [1.54, 1.807) is 23.1 Å². The van der Waals surface area contributed by atoms with Crippen LogP contribution in [0.15, 0.2) is 46.9 Å². The zero-order valence-corrected chi connectivity index (χ0v) is 14.4. The van der Waals surface area contributed by atoms with Gasteiger partial charge in [0.05, 0.1) is 5.56 Å². The topological polar surface area (TPSA) is 73.7 Å². The minimum absolute atomic E-state index is 0.00521. The van der Waals surface area contributed by atoms with Gasteiger partial charge in [0.15, 0.2) is 5.69 Å². The molecule has 24 heavy (non-hydrogen) atoms. The number of hydrogen-bond acceptors (Lipinski definition) is 4. The average Bonchev–Trinajstić information content (AvgIpc) is 2.62. The van der Waals surface area contributed by atoms with Crippen molar-refractivity contribution in [3.05, 3.63) is 58.2 Å². The lowest BCUT2D eigenvalue weighted by molar-refractivity contribution is 0.0690. The van der Waals surface area contributed by atoms with Crippen molar-refractivity contribution >= 4 is 33.6 Å². The molecule has 1 aliphatic rings. The molecule has 1 N–H and O–H groups in total. The van der Waals surface area contributed by atoms with Gasteiger partial charge in [0, 0.05) is 30.7 Å². The van der Waals surface area contributed by atoms with Crippen LogP contribution in [0.25, 0.3) is 0 Å². The molecule has 0 atom stereocenters. The summed E-state index contributed by atoms with van der Waals surface area (Å²) in [5.41, 5.74) is 0.677. The fourth-order valence-corrected chi connectivity index (χ4v) is 3.12. The fourth-order valence-electron chi connectivity index (χ4n) is 2.66. The highest BCUT2D eigenvalue weighted by atomic mass is 79.9. The number of benzene rings is 1. The van der Waals surface area contributed by atoms with Crippen molar-refractivity contribution in [2.75, 3.05) is 31.1 Å². The summed E-state index contributed by atoms with van der Waals surface area (Å²) in [6.07, 6.45) is 0. The SMILES string of the molecule is O=C(O)c1cccc(N2CCN(C(=O)c3ccccc3Br)CC2)n1. The quantitative estimate of drug-likeness (QED) is 0.872. The fraction of sp³-hybridized carbons (Fsp3) is 0.235. The third-order valence-corrected chi connectivity index (χ3v) is 4.64. The van der Waals surface area contributed by atoms with Crippen LogP contribution < -0.4 is 4.90 Å². The van der Waals surface area contributed by atoms with Crippen molar-refractivity contribution in [3.8, 4) is 0 Å². The van der Waals surface area contributed by atoms with Gasteiger partial charge < -0.3 is 14.9 Å². The summed E-state index contributed by atoms with van der Waals surface area (Å²) in [4.78, 5) is 31.6. The molecular formula is C17H16BrN3O3. The van der Waals surface area contributed by atoms with E-state index in [0.717, 1.165) is 4.47 Å². The number of carboxylic acids is 1. The first-order valence-corrected chi connectivity index (χ1v) is 8.34. The van der Waals surface area contributed by atoms with Gasteiger partial charge in [0.1, 0.15) is 5.82 Å². The van der Waals surface area contributed by atoms with Gasteiger partial charge in [-0.1, -0.05) is 18.2 Å². The van der Waals surface area contributed by atoms with Crippen molar-refractivity contribution in [2.24, 2.45) is 0 Å². The van der Waals surface area contributed by atoms with Crippen molar-refractivity contribution in [3.63, 3.8) is 0 Å². The Morgan fingerprint density at radius 1 is 1.00 bits per heavy atom. The van der Waals surface area contributed by atoms with Gasteiger partial charge in [-0.25, -0.2) is 9.78 Å². The predicted molar refractivity (Wildman–Crippen MR) is 93.5 cm³/mol. The smallest absolute Gasteiger partial charge is 0.354 e. The van der Waals surface area contributed by atoms with E-state index in [0.29, 0.717) is 37.6 Å². The molecule has 0 aliphatic carbocycles. The van der Waals surface area contributed by atoms with Crippen molar-refractivity contribution in [1.82, 2.24) is 9.88 Å². The van der Waals surface area contributed by atoms with E-state index >= 15 is 0 Å². The van der Waals surface area contributed by atoms with Gasteiger partial charge in [-0.05, 0) is 40.2 Å². The number of carboxylic acid groups (broad SMARTS) is 1. The van der Waals surface area contributed by atoms with Crippen LogP contribution in [-0.2, 0) is 0 Å². The van der Waals surface area contributed by atoms with Gasteiger partial charge in [0.25, 0.3) is 5.91 Å². The largest absolute Gasteiger partial charge is 0.477 e. The molecule has 2 aromatic rings. The lowest BCUT2D eigenvalue weighted by Crippen LogP contribution is -2.49. The standard InChI is InChI=1S/C17H16BrN3O3/c18-13-5-2-1-4-12(13)16(22)21-10-8-20(9-11-21)15-7-3-6-14(19-15)17(23)24/h1-7H,8-11H2,(H,23,24). The molecule has 1 aromatic heterocycles. The van der Waals surface area contributed by atoms with Crippen LogP contribution in [-0.4, -0.2) is 53.0 Å². The number of aromatic carboxylic acids is 1. The molecule has 124 valence electrons. The van der Waals surface area contributed by atoms with Crippen LogP contribution in [0, 0.1) is 0 Å². The van der Waals surface area contributed by atoms with Crippen LogP contribution in [0.2, 0.25) is 0 Å². The Balaban J connectivity index is 1.68. The maximum absolute atomic E-state index is 12.6. The number of carbonyl (C=O) groups is 2. The van der Waals surface area contributed by atoms with Crippen LogP contribution in [0.5, 0.6) is 0 Å². The second kappa shape index (κ2) is 7.00. The number of halogens is 1. The average molecular weight is 390 g/mol. The van der Waals surface area contributed by atoms with Crippen LogP contribution in [0.4, 0.5) is 5.82 Å². The van der Waals surface area contributed by atoms with E-state index in [1.807, 2.05) is 23.1 Å². The van der Waals surface area contributed by atoms with Crippen LogP contribution in [0.3, 0.4) is 0 Å². The van der Waals surface area contributed by atoms with Crippen LogP contribution in [0.1, 0.15) is 20.8 Å². The van der Waals surface area contributed by atoms with E-state index in [9.17, 15) is 9.59 Å². The number of aromatic nitrogens is 1. The Morgan fingerprint density at radius 2 is 1.71 bits per heavy atom. The zero-order chi connectivity index (χ0) is 17.1. The number of piperazine rings is 1. The van der Waals surface area contributed by atoms with E-state index in [2.05, 4.69) is 20.9 Å². The number of pyridine rings is 1. The van der Waals surface area contributed by atoms with Gasteiger partial charge in [-0.15, -0.1) is 0 Å². The summed E-state index contributed by atoms with van der Waals surface area (Å²) in [5.74, 6) is -0.420. The third-order valence-electron chi connectivity index (χ3n) is 3.95. The second-order valence-corrected chi connectivity index (χ2v) is 6.30. The molecule has 0 bridgehead atoms. The summed E-state index contributed by atoms with van der Waals surface area (Å²) in [6, 6.07) is 12.3. The summed E-state index contributed by atoms with van der Waals surface area (Å²) in [5, 5.41) is 9.04. The van der Waals surface area contributed by atoms with Crippen LogP contribution >= 0.6 is 15.9 Å². The number of hydrogen-bond donors (Lipinski definition) is 1. The second-order valence-electron chi connectivity index (χ2n) is 5.45. The summed E-state index contributed by atoms with van der Waals surface area (Å²) in [7, 11) is 0. The number of carbonyl (C=O) groups excluding carboxylic acids is 1. The highest BCUT2D eigenvalue weighted by Crippen LogP contribution is 2.20. The summed E-state index contributed by atoms with van der Waals surface area (Å²) >= 11 is 3.41. The van der Waals surface area contributed by atoms with E-state index in [-0.39, 0.29) is 11.6 Å². The Kier molecular flexibility index (Phi) is 4.80. The lowest BCUT2D eigenvalue weighted by Gasteiger charge is -2.35. The van der Waals surface area contributed by atoms with Gasteiger partial charge in [-0.2, -0.15) is 0 Å². The first kappa shape index (κ1) is 16.4. The van der Waals surface area contributed by atoms with Crippen molar-refractivity contribution in [1.29, 1.82) is 0 Å². The number of anilines is 1. The first-order valence-electron chi connectivity index (χ1n) is 7.55. The molecule has 7 heteroatoms. The molecule has 0 spiro atoms. The molecule has 0 unspecified atom stereocenters. The molecule has 1 aliphatic heterocycles. The Hall–Kier alpha value is -2.41. The molecule has 6 nitrogen and oxygen atoms in total. The molecule has 2 heterocycles. The minimum atomic E-state index is -1.04. The third kappa shape index (κ3) is 3.41. The van der Waals surface area contributed by atoms with Gasteiger partial charge >= 0.3 is 5.97 Å². The summed E-state index contributed by atoms with van der Waals surface area (Å²) in [6.45, 7) is 2.37. The number of nitrogens with zero attached hydrogens (tertiary/aromatic N) is 3. The van der Waals surface area contributed by atoms with E-state index in [1.165, 1.54) is 6.07 Å².